The Morgan fingerprint density at radius 2 is 2.11 bits per heavy atom. The van der Waals surface area contributed by atoms with Gasteiger partial charge in [0.25, 0.3) is 0 Å². The summed E-state index contributed by atoms with van der Waals surface area (Å²) in [4.78, 5) is 4.40. The second kappa shape index (κ2) is 6.43. The molecule has 0 aliphatic rings. The number of pyridine rings is 1. The number of aromatic nitrogens is 1. The van der Waals surface area contributed by atoms with Crippen molar-refractivity contribution in [2.45, 2.75) is 20.0 Å². The second-order valence-corrected chi connectivity index (χ2v) is 4.57. The lowest BCUT2D eigenvalue weighted by Crippen LogP contribution is -2.01. The Labute approximate surface area is 118 Å². The molecule has 3 nitrogen and oxygen atoms in total. The Morgan fingerprint density at radius 3 is 2.84 bits per heavy atom. The topological polar surface area (TPSA) is 34.1 Å². The van der Waals surface area contributed by atoms with Gasteiger partial charge in [0.1, 0.15) is 18.2 Å². The summed E-state index contributed by atoms with van der Waals surface area (Å²) in [5.74, 6) is 1.66. The van der Waals surface area contributed by atoms with Gasteiger partial charge in [0, 0.05) is 12.1 Å². The summed E-state index contributed by atoms with van der Waals surface area (Å²) in [7, 11) is 1.85. The maximum absolute atomic E-state index is 6.08. The van der Waals surface area contributed by atoms with Gasteiger partial charge in [-0.2, -0.15) is 0 Å². The summed E-state index contributed by atoms with van der Waals surface area (Å²) in [6.07, 6.45) is 0.892. The number of nitrogens with one attached hydrogen (secondary N) is 1. The van der Waals surface area contributed by atoms with Crippen LogP contribution in [0.2, 0.25) is 5.02 Å². The first-order valence-corrected chi connectivity index (χ1v) is 6.65. The summed E-state index contributed by atoms with van der Waals surface area (Å²) in [5, 5.41) is 3.79. The third-order valence-electron chi connectivity index (χ3n) is 2.85. The number of nitrogens with zero attached hydrogens (tertiary/aromatic N) is 1. The van der Waals surface area contributed by atoms with Crippen LogP contribution in [0.15, 0.2) is 36.4 Å². The smallest absolute Gasteiger partial charge is 0.130 e. The number of hydrogen-bond donors (Lipinski definition) is 1. The van der Waals surface area contributed by atoms with Crippen molar-refractivity contribution in [1.82, 2.24) is 4.98 Å². The highest BCUT2D eigenvalue weighted by molar-refractivity contribution is 6.31. The maximum Gasteiger partial charge on any atom is 0.130 e. The SMILES string of the molecule is CCc1cc(OCc2cccc(NC)n2)ccc1Cl. The van der Waals surface area contributed by atoms with Gasteiger partial charge in [-0.15, -0.1) is 0 Å². The van der Waals surface area contributed by atoms with Crippen molar-refractivity contribution >= 4 is 17.4 Å². The first-order valence-electron chi connectivity index (χ1n) is 6.28. The lowest BCUT2D eigenvalue weighted by Gasteiger charge is -2.09. The minimum Gasteiger partial charge on any atom is -0.487 e. The van der Waals surface area contributed by atoms with E-state index in [9.17, 15) is 0 Å². The number of ether oxygens (including phenoxy) is 1. The van der Waals surface area contributed by atoms with E-state index in [2.05, 4.69) is 17.2 Å². The van der Waals surface area contributed by atoms with Crippen LogP contribution in [0.4, 0.5) is 5.82 Å². The Bertz CT molecular complexity index is 558. The molecule has 1 N–H and O–H groups in total. The molecule has 0 aliphatic carbocycles. The van der Waals surface area contributed by atoms with Gasteiger partial charge < -0.3 is 10.1 Å². The fourth-order valence-electron chi connectivity index (χ4n) is 1.77. The van der Waals surface area contributed by atoms with Crippen LogP contribution in [-0.2, 0) is 13.0 Å². The van der Waals surface area contributed by atoms with Crippen LogP contribution < -0.4 is 10.1 Å². The molecule has 0 amide bonds. The zero-order chi connectivity index (χ0) is 13.7. The highest BCUT2D eigenvalue weighted by Gasteiger charge is 2.02. The van der Waals surface area contributed by atoms with Crippen LogP contribution in [0.25, 0.3) is 0 Å². The van der Waals surface area contributed by atoms with E-state index >= 15 is 0 Å². The highest BCUT2D eigenvalue weighted by atomic mass is 35.5. The van der Waals surface area contributed by atoms with Crippen LogP contribution >= 0.6 is 11.6 Å². The van der Waals surface area contributed by atoms with Crippen molar-refractivity contribution in [2.75, 3.05) is 12.4 Å². The average molecular weight is 277 g/mol. The predicted octanol–water partition coefficient (Wildman–Crippen LogP) is 3.92. The molecule has 1 heterocycles. The lowest BCUT2D eigenvalue weighted by atomic mass is 10.1. The third kappa shape index (κ3) is 3.61. The van der Waals surface area contributed by atoms with Gasteiger partial charge in [0.2, 0.25) is 0 Å². The van der Waals surface area contributed by atoms with E-state index in [1.165, 1.54) is 0 Å². The van der Waals surface area contributed by atoms with Crippen molar-refractivity contribution < 1.29 is 4.74 Å². The average Bonchev–Trinajstić information content (AvgIpc) is 2.46. The summed E-state index contributed by atoms with van der Waals surface area (Å²) < 4.78 is 5.74. The molecule has 1 aromatic heterocycles. The molecule has 1 aromatic carbocycles. The summed E-state index contributed by atoms with van der Waals surface area (Å²) in [6, 6.07) is 11.5. The summed E-state index contributed by atoms with van der Waals surface area (Å²) in [5.41, 5.74) is 1.98. The predicted molar refractivity (Wildman–Crippen MR) is 78.9 cm³/mol. The third-order valence-corrected chi connectivity index (χ3v) is 3.22. The molecule has 19 heavy (non-hydrogen) atoms. The number of hydrogen-bond acceptors (Lipinski definition) is 3. The van der Waals surface area contributed by atoms with Crippen LogP contribution in [-0.4, -0.2) is 12.0 Å². The Balaban J connectivity index is 2.05. The lowest BCUT2D eigenvalue weighted by molar-refractivity contribution is 0.301. The van der Waals surface area contributed by atoms with E-state index in [-0.39, 0.29) is 0 Å². The van der Waals surface area contributed by atoms with Gasteiger partial charge in [0.15, 0.2) is 0 Å². The highest BCUT2D eigenvalue weighted by Crippen LogP contribution is 2.23. The van der Waals surface area contributed by atoms with Crippen LogP contribution in [0.1, 0.15) is 18.2 Å². The Kier molecular flexibility index (Phi) is 4.63. The molecule has 0 fully saturated rings. The van der Waals surface area contributed by atoms with Gasteiger partial charge in [-0.05, 0) is 42.3 Å². The standard InChI is InChI=1S/C15H17ClN2O/c1-3-11-9-13(7-8-14(11)16)19-10-12-5-4-6-15(17-2)18-12/h4-9H,3,10H2,1-2H3,(H,17,18). The van der Waals surface area contributed by atoms with E-state index in [0.717, 1.165) is 34.3 Å². The van der Waals surface area contributed by atoms with Crippen LogP contribution in [0.3, 0.4) is 0 Å². The molecule has 2 rings (SSSR count). The molecule has 0 atom stereocenters. The monoisotopic (exact) mass is 276 g/mol. The molecular weight excluding hydrogens is 260 g/mol. The summed E-state index contributed by atoms with van der Waals surface area (Å²) in [6.45, 7) is 2.52. The van der Waals surface area contributed by atoms with E-state index in [1.54, 1.807) is 0 Å². The van der Waals surface area contributed by atoms with E-state index in [4.69, 9.17) is 16.3 Å². The molecule has 0 saturated carbocycles. The largest absolute Gasteiger partial charge is 0.487 e. The zero-order valence-electron chi connectivity index (χ0n) is 11.1. The quantitative estimate of drug-likeness (QED) is 0.899. The summed E-state index contributed by atoms with van der Waals surface area (Å²) >= 11 is 6.08. The van der Waals surface area contributed by atoms with Gasteiger partial charge in [-0.1, -0.05) is 24.6 Å². The molecule has 0 bridgehead atoms. The van der Waals surface area contributed by atoms with E-state index in [0.29, 0.717) is 6.61 Å². The number of benzene rings is 1. The molecule has 4 heteroatoms. The van der Waals surface area contributed by atoms with Crippen LogP contribution in [0, 0.1) is 0 Å². The second-order valence-electron chi connectivity index (χ2n) is 4.16. The molecule has 100 valence electrons. The normalized spacial score (nSPS) is 10.3. The molecule has 0 unspecified atom stereocenters. The maximum atomic E-state index is 6.08. The van der Waals surface area contributed by atoms with Gasteiger partial charge in [0.05, 0.1) is 5.69 Å². The fourth-order valence-corrected chi connectivity index (χ4v) is 2.02. The van der Waals surface area contributed by atoms with Crippen molar-refractivity contribution in [3.05, 3.63) is 52.7 Å². The van der Waals surface area contributed by atoms with E-state index in [1.807, 2.05) is 43.4 Å². The minimum absolute atomic E-state index is 0.445. The number of halogens is 1. The first-order chi connectivity index (χ1) is 9.22. The van der Waals surface area contributed by atoms with Crippen molar-refractivity contribution in [3.8, 4) is 5.75 Å². The van der Waals surface area contributed by atoms with E-state index < -0.39 is 0 Å². The molecule has 2 aromatic rings. The molecule has 0 spiro atoms. The Morgan fingerprint density at radius 1 is 1.26 bits per heavy atom. The zero-order valence-corrected chi connectivity index (χ0v) is 11.9. The molecule has 0 aliphatic heterocycles. The first kappa shape index (κ1) is 13.7. The number of rotatable bonds is 5. The minimum atomic E-state index is 0.445. The van der Waals surface area contributed by atoms with Crippen LogP contribution in [0.5, 0.6) is 5.75 Å². The van der Waals surface area contributed by atoms with Gasteiger partial charge in [-0.25, -0.2) is 4.98 Å². The molecule has 0 radical (unpaired) electrons. The van der Waals surface area contributed by atoms with Gasteiger partial charge >= 0.3 is 0 Å². The Hall–Kier alpha value is -1.74. The van der Waals surface area contributed by atoms with Gasteiger partial charge in [-0.3, -0.25) is 0 Å². The van der Waals surface area contributed by atoms with Crippen molar-refractivity contribution in [2.24, 2.45) is 0 Å². The molecule has 0 saturated heterocycles. The van der Waals surface area contributed by atoms with Crippen molar-refractivity contribution in [3.63, 3.8) is 0 Å². The number of aryl methyl sites for hydroxylation is 1. The number of anilines is 1. The fraction of sp³-hybridized carbons (Fsp3) is 0.267. The van der Waals surface area contributed by atoms with Crippen molar-refractivity contribution in [1.29, 1.82) is 0 Å². The molecular formula is C15H17ClN2O.